The lowest BCUT2D eigenvalue weighted by Crippen LogP contribution is -2.29. The maximum atomic E-state index is 10.7. The molecule has 1 heterocycles. The van der Waals surface area contributed by atoms with E-state index in [9.17, 15) is 4.79 Å². The summed E-state index contributed by atoms with van der Waals surface area (Å²) in [6.07, 6.45) is 2.76. The fraction of sp³-hybridized carbons (Fsp3) is 0.462. The van der Waals surface area contributed by atoms with Crippen molar-refractivity contribution in [2.45, 2.75) is 20.8 Å². The van der Waals surface area contributed by atoms with E-state index in [-0.39, 0.29) is 0 Å². The van der Waals surface area contributed by atoms with E-state index >= 15 is 0 Å². The maximum absolute atomic E-state index is 10.7. The normalized spacial score (nSPS) is 13.0. The number of aldehydes is 1. The summed E-state index contributed by atoms with van der Waals surface area (Å²) in [6.45, 7) is 6.16. The zero-order valence-corrected chi connectivity index (χ0v) is 12.3. The fourth-order valence-electron chi connectivity index (χ4n) is 1.84. The van der Waals surface area contributed by atoms with Gasteiger partial charge in [0.1, 0.15) is 16.5 Å². The van der Waals surface area contributed by atoms with Gasteiger partial charge in [-0.25, -0.2) is 4.98 Å². The van der Waals surface area contributed by atoms with Gasteiger partial charge in [0.25, 0.3) is 0 Å². The van der Waals surface area contributed by atoms with Gasteiger partial charge in [0.15, 0.2) is 6.29 Å². The van der Waals surface area contributed by atoms with Gasteiger partial charge in [-0.1, -0.05) is 19.9 Å². The summed E-state index contributed by atoms with van der Waals surface area (Å²) >= 11 is 1.47. The smallest absolute Gasteiger partial charge is 0.169 e. The van der Waals surface area contributed by atoms with E-state index < -0.39 is 0 Å². The summed E-state index contributed by atoms with van der Waals surface area (Å²) in [6, 6.07) is 0. The van der Waals surface area contributed by atoms with E-state index in [1.807, 2.05) is 24.9 Å². The van der Waals surface area contributed by atoms with Gasteiger partial charge in [-0.15, -0.1) is 11.3 Å². The van der Waals surface area contributed by atoms with Crippen molar-refractivity contribution >= 4 is 29.2 Å². The topological polar surface area (TPSA) is 45.6 Å². The Morgan fingerprint density at radius 1 is 1.56 bits per heavy atom. The zero-order valence-electron chi connectivity index (χ0n) is 11.5. The summed E-state index contributed by atoms with van der Waals surface area (Å²) in [4.78, 5) is 21.3. The maximum Gasteiger partial charge on any atom is 0.169 e. The highest BCUT2D eigenvalue weighted by Crippen LogP contribution is 2.23. The van der Waals surface area contributed by atoms with Crippen LogP contribution >= 0.6 is 11.3 Å². The first-order valence-electron chi connectivity index (χ1n) is 5.82. The van der Waals surface area contributed by atoms with E-state index in [0.29, 0.717) is 11.6 Å². The lowest BCUT2D eigenvalue weighted by Gasteiger charge is -2.25. The lowest BCUT2D eigenvalue weighted by molar-refractivity contribution is 0.111. The van der Waals surface area contributed by atoms with Crippen molar-refractivity contribution < 1.29 is 4.79 Å². The van der Waals surface area contributed by atoms with Crippen LogP contribution in [0.25, 0.3) is 5.70 Å². The van der Waals surface area contributed by atoms with Crippen molar-refractivity contribution in [3.05, 3.63) is 22.2 Å². The highest BCUT2D eigenvalue weighted by atomic mass is 32.1. The second kappa shape index (κ2) is 6.44. The number of rotatable bonds is 4. The minimum absolute atomic E-state index is 0.334. The fourth-order valence-corrected chi connectivity index (χ4v) is 2.71. The Balaban J connectivity index is 3.07. The Bertz CT molecular complexity index is 474. The van der Waals surface area contributed by atoms with Gasteiger partial charge < -0.3 is 4.90 Å². The molecule has 0 aliphatic carbocycles. The highest BCUT2D eigenvalue weighted by Gasteiger charge is 2.17. The first kappa shape index (κ1) is 14.6. The Morgan fingerprint density at radius 3 is 2.61 bits per heavy atom. The number of aromatic nitrogens is 1. The summed E-state index contributed by atoms with van der Waals surface area (Å²) in [7, 11) is 3.76. The number of amidine groups is 1. The number of thiazole rings is 1. The molecular formula is C13H19N3OS. The van der Waals surface area contributed by atoms with Crippen LogP contribution in [0.3, 0.4) is 0 Å². The highest BCUT2D eigenvalue weighted by molar-refractivity contribution is 7.10. The zero-order chi connectivity index (χ0) is 13.7. The number of nitrogens with zero attached hydrogens (tertiary/aromatic N) is 3. The molecule has 0 radical (unpaired) electrons. The Kier molecular flexibility index (Phi) is 5.22. The van der Waals surface area contributed by atoms with Crippen LogP contribution in [0, 0.1) is 5.92 Å². The van der Waals surface area contributed by atoms with E-state index in [0.717, 1.165) is 22.8 Å². The number of carbonyl (C=O) groups is 1. The van der Waals surface area contributed by atoms with Gasteiger partial charge in [0.2, 0.25) is 0 Å². The minimum atomic E-state index is 0.334. The molecule has 0 N–H and O–H groups in total. The average Bonchev–Trinajstić information content (AvgIpc) is 2.79. The molecule has 5 heteroatoms. The van der Waals surface area contributed by atoms with E-state index in [4.69, 9.17) is 0 Å². The molecular weight excluding hydrogens is 246 g/mol. The van der Waals surface area contributed by atoms with Gasteiger partial charge in [-0.3, -0.25) is 9.79 Å². The van der Waals surface area contributed by atoms with Crippen LogP contribution in [0.1, 0.15) is 36.3 Å². The van der Waals surface area contributed by atoms with Gasteiger partial charge in [0.05, 0.1) is 5.70 Å². The SMILES string of the molecule is C/C=C(\c1nc(C=O)cs1)N(C)/C(=N\C)C(C)C. The van der Waals surface area contributed by atoms with E-state index in [2.05, 4.69) is 23.8 Å². The number of hydrogen-bond acceptors (Lipinski definition) is 4. The number of carbonyl (C=O) groups excluding carboxylic acids is 1. The van der Waals surface area contributed by atoms with Crippen LogP contribution in [0.4, 0.5) is 0 Å². The van der Waals surface area contributed by atoms with Crippen LogP contribution in [0.15, 0.2) is 16.4 Å². The standard InChI is InChI=1S/C13H19N3OS/c1-6-11(13-15-10(7-17)8-18-13)16(5)12(14-4)9(2)3/h6-9H,1-5H3/b11-6+,14-12-. The molecule has 0 aliphatic rings. The Labute approximate surface area is 112 Å². The minimum Gasteiger partial charge on any atom is -0.331 e. The van der Waals surface area contributed by atoms with Crippen molar-refractivity contribution in [3.63, 3.8) is 0 Å². The summed E-state index contributed by atoms with van der Waals surface area (Å²) in [5.74, 6) is 1.33. The van der Waals surface area contributed by atoms with Crippen LogP contribution in [0.5, 0.6) is 0 Å². The molecule has 1 aromatic heterocycles. The third-order valence-corrected chi connectivity index (χ3v) is 3.47. The third kappa shape index (κ3) is 3.04. The quantitative estimate of drug-likeness (QED) is 0.477. The Hall–Kier alpha value is -1.49. The van der Waals surface area contributed by atoms with Gasteiger partial charge >= 0.3 is 0 Å². The predicted molar refractivity (Wildman–Crippen MR) is 77.1 cm³/mol. The van der Waals surface area contributed by atoms with Crippen molar-refractivity contribution in [1.82, 2.24) is 9.88 Å². The summed E-state index contributed by atoms with van der Waals surface area (Å²) in [5, 5.41) is 2.60. The molecule has 18 heavy (non-hydrogen) atoms. The van der Waals surface area contributed by atoms with Gasteiger partial charge in [-0.05, 0) is 6.92 Å². The molecule has 0 saturated carbocycles. The molecule has 0 aliphatic heterocycles. The lowest BCUT2D eigenvalue weighted by atomic mass is 10.1. The number of hydrogen-bond donors (Lipinski definition) is 0. The van der Waals surface area contributed by atoms with Crippen LogP contribution in [-0.2, 0) is 0 Å². The molecule has 0 aromatic carbocycles. The molecule has 0 atom stereocenters. The first-order valence-corrected chi connectivity index (χ1v) is 6.70. The molecule has 98 valence electrons. The van der Waals surface area contributed by atoms with Crippen molar-refractivity contribution in [1.29, 1.82) is 0 Å². The van der Waals surface area contributed by atoms with Crippen LogP contribution in [-0.4, -0.2) is 36.1 Å². The molecule has 4 nitrogen and oxygen atoms in total. The van der Waals surface area contributed by atoms with Crippen molar-refractivity contribution in [2.75, 3.05) is 14.1 Å². The molecule has 0 bridgehead atoms. The van der Waals surface area contributed by atoms with Crippen molar-refractivity contribution in [2.24, 2.45) is 10.9 Å². The summed E-state index contributed by atoms with van der Waals surface area (Å²) in [5.41, 5.74) is 1.45. The monoisotopic (exact) mass is 265 g/mol. The van der Waals surface area contributed by atoms with Crippen LogP contribution < -0.4 is 0 Å². The van der Waals surface area contributed by atoms with Crippen molar-refractivity contribution in [3.8, 4) is 0 Å². The molecule has 0 fully saturated rings. The number of aliphatic imine (C=N–C) groups is 1. The van der Waals surface area contributed by atoms with E-state index in [1.54, 1.807) is 12.4 Å². The molecule has 0 unspecified atom stereocenters. The molecule has 0 amide bonds. The second-order valence-corrected chi connectivity index (χ2v) is 5.02. The Morgan fingerprint density at radius 2 is 2.22 bits per heavy atom. The molecule has 1 aromatic rings. The van der Waals surface area contributed by atoms with Crippen LogP contribution in [0.2, 0.25) is 0 Å². The van der Waals surface area contributed by atoms with E-state index in [1.165, 1.54) is 11.3 Å². The van der Waals surface area contributed by atoms with Gasteiger partial charge in [0, 0.05) is 25.4 Å². The predicted octanol–water partition coefficient (Wildman–Crippen LogP) is 2.93. The average molecular weight is 265 g/mol. The second-order valence-electron chi connectivity index (χ2n) is 4.16. The van der Waals surface area contributed by atoms with Gasteiger partial charge in [-0.2, -0.15) is 0 Å². The molecule has 1 rings (SSSR count). The third-order valence-electron chi connectivity index (χ3n) is 2.59. The number of allylic oxidation sites excluding steroid dienone is 1. The largest absolute Gasteiger partial charge is 0.331 e. The summed E-state index contributed by atoms with van der Waals surface area (Å²) < 4.78 is 0. The first-order chi connectivity index (χ1) is 8.54. The molecule has 0 spiro atoms. The molecule has 0 saturated heterocycles.